The van der Waals surface area contributed by atoms with Gasteiger partial charge in [0.15, 0.2) is 0 Å². The van der Waals surface area contributed by atoms with Gasteiger partial charge in [-0.15, -0.1) is 0 Å². The zero-order valence-corrected chi connectivity index (χ0v) is 10.1. The maximum absolute atomic E-state index is 11.8. The molecule has 1 atom stereocenters. The van der Waals surface area contributed by atoms with E-state index in [-0.39, 0.29) is 0 Å². The average Bonchev–Trinajstić information content (AvgIpc) is 2.29. The first-order valence-corrected chi connectivity index (χ1v) is 6.26. The number of nitrogens with zero attached hydrogens (tertiary/aromatic N) is 1. The predicted octanol–water partition coefficient (Wildman–Crippen LogP) is 1.63. The van der Waals surface area contributed by atoms with Crippen LogP contribution in [0.15, 0.2) is 0 Å². The molecule has 3 heteroatoms. The molecular weight excluding hydrogens is 188 g/mol. The van der Waals surface area contributed by atoms with Crippen molar-refractivity contribution in [3.63, 3.8) is 0 Å². The summed E-state index contributed by atoms with van der Waals surface area (Å²) in [5.74, 6) is 1.05. The Labute approximate surface area is 93.2 Å². The summed E-state index contributed by atoms with van der Waals surface area (Å²) < 4.78 is 0. The molecule has 0 bridgehead atoms. The highest BCUT2D eigenvalue weighted by Gasteiger charge is 2.16. The van der Waals surface area contributed by atoms with E-state index in [1.807, 2.05) is 18.7 Å². The summed E-state index contributed by atoms with van der Waals surface area (Å²) in [5, 5.41) is 3.39. The first-order chi connectivity index (χ1) is 7.27. The van der Waals surface area contributed by atoms with Crippen LogP contribution in [0.5, 0.6) is 0 Å². The molecule has 15 heavy (non-hydrogen) atoms. The second kappa shape index (κ2) is 6.83. The number of rotatable bonds is 5. The summed E-state index contributed by atoms with van der Waals surface area (Å²) in [6.07, 6.45) is 4.35. The molecule has 1 amide bonds. The van der Waals surface area contributed by atoms with Crippen molar-refractivity contribution in [2.24, 2.45) is 5.92 Å². The van der Waals surface area contributed by atoms with Crippen molar-refractivity contribution >= 4 is 5.91 Å². The molecule has 0 aromatic rings. The molecule has 88 valence electrons. The number of carbonyl (C=O) groups is 1. The highest BCUT2D eigenvalue weighted by Crippen LogP contribution is 2.16. The normalized spacial score (nSPS) is 21.3. The molecule has 1 aliphatic rings. The molecule has 1 fully saturated rings. The third-order valence-electron chi connectivity index (χ3n) is 3.28. The molecular formula is C12H24N2O. The number of hydrogen-bond acceptors (Lipinski definition) is 2. The Bertz CT molecular complexity index is 184. The van der Waals surface area contributed by atoms with Crippen LogP contribution in [0.4, 0.5) is 0 Å². The van der Waals surface area contributed by atoms with Gasteiger partial charge in [0.2, 0.25) is 5.91 Å². The Morgan fingerprint density at radius 3 is 2.67 bits per heavy atom. The lowest BCUT2D eigenvalue weighted by Crippen LogP contribution is -2.33. The number of amides is 1. The number of hydrogen-bond donors (Lipinski definition) is 1. The van der Waals surface area contributed by atoms with Gasteiger partial charge in [-0.1, -0.05) is 0 Å². The summed E-state index contributed by atoms with van der Waals surface area (Å²) in [4.78, 5) is 13.7. The lowest BCUT2D eigenvalue weighted by Gasteiger charge is -2.24. The van der Waals surface area contributed by atoms with Crippen molar-refractivity contribution in [2.75, 3.05) is 26.2 Å². The van der Waals surface area contributed by atoms with Crippen LogP contribution in [0.1, 0.15) is 39.5 Å². The van der Waals surface area contributed by atoms with E-state index in [9.17, 15) is 4.79 Å². The quantitative estimate of drug-likeness (QED) is 0.751. The predicted molar refractivity (Wildman–Crippen MR) is 62.8 cm³/mol. The first kappa shape index (κ1) is 12.5. The Morgan fingerprint density at radius 2 is 2.13 bits per heavy atom. The van der Waals surface area contributed by atoms with Gasteiger partial charge in [-0.25, -0.2) is 0 Å². The summed E-state index contributed by atoms with van der Waals surface area (Å²) in [5.41, 5.74) is 0. The van der Waals surface area contributed by atoms with Gasteiger partial charge in [0.1, 0.15) is 0 Å². The van der Waals surface area contributed by atoms with E-state index < -0.39 is 0 Å². The zero-order valence-electron chi connectivity index (χ0n) is 10.1. The van der Waals surface area contributed by atoms with Gasteiger partial charge in [0.05, 0.1) is 0 Å². The largest absolute Gasteiger partial charge is 0.343 e. The Hall–Kier alpha value is -0.570. The van der Waals surface area contributed by atoms with Crippen molar-refractivity contribution in [3.8, 4) is 0 Å². The van der Waals surface area contributed by atoms with E-state index in [4.69, 9.17) is 0 Å². The highest BCUT2D eigenvalue weighted by molar-refractivity contribution is 5.76. The summed E-state index contributed by atoms with van der Waals surface area (Å²) >= 11 is 0. The second-order valence-corrected chi connectivity index (χ2v) is 4.32. The lowest BCUT2D eigenvalue weighted by atomic mass is 9.94. The first-order valence-electron chi connectivity index (χ1n) is 6.26. The zero-order chi connectivity index (χ0) is 11.1. The van der Waals surface area contributed by atoms with Gasteiger partial charge in [0.25, 0.3) is 0 Å². The number of piperidine rings is 1. The highest BCUT2D eigenvalue weighted by atomic mass is 16.2. The molecule has 0 aromatic carbocycles. The van der Waals surface area contributed by atoms with Crippen molar-refractivity contribution in [1.29, 1.82) is 0 Å². The maximum Gasteiger partial charge on any atom is 0.222 e. The van der Waals surface area contributed by atoms with Gasteiger partial charge >= 0.3 is 0 Å². The lowest BCUT2D eigenvalue weighted by molar-refractivity contribution is -0.131. The molecule has 1 heterocycles. The van der Waals surface area contributed by atoms with Gasteiger partial charge in [-0.3, -0.25) is 4.79 Å². The van der Waals surface area contributed by atoms with Crippen molar-refractivity contribution in [3.05, 3.63) is 0 Å². The molecule has 0 spiro atoms. The summed E-state index contributed by atoms with van der Waals surface area (Å²) in [6.45, 7) is 8.04. The van der Waals surface area contributed by atoms with E-state index in [2.05, 4.69) is 5.32 Å². The molecule has 1 aliphatic heterocycles. The Morgan fingerprint density at radius 1 is 1.40 bits per heavy atom. The van der Waals surface area contributed by atoms with Crippen molar-refractivity contribution < 1.29 is 4.79 Å². The van der Waals surface area contributed by atoms with Gasteiger partial charge < -0.3 is 10.2 Å². The van der Waals surface area contributed by atoms with E-state index in [0.29, 0.717) is 5.91 Å². The van der Waals surface area contributed by atoms with Crippen LogP contribution in [0.25, 0.3) is 0 Å². The molecule has 1 unspecified atom stereocenters. The Balaban J connectivity index is 2.20. The molecule has 1 N–H and O–H groups in total. The summed E-state index contributed by atoms with van der Waals surface area (Å²) in [7, 11) is 0. The standard InChI is InChI=1S/C12H24N2O/c1-3-14(4-2)12(15)8-7-11-6-5-9-13-10-11/h11,13H,3-10H2,1-2H3. The molecule has 0 aliphatic carbocycles. The third-order valence-corrected chi connectivity index (χ3v) is 3.28. The minimum atomic E-state index is 0.325. The smallest absolute Gasteiger partial charge is 0.222 e. The van der Waals surface area contributed by atoms with Crippen molar-refractivity contribution in [2.45, 2.75) is 39.5 Å². The summed E-state index contributed by atoms with van der Waals surface area (Å²) in [6, 6.07) is 0. The average molecular weight is 212 g/mol. The minimum absolute atomic E-state index is 0.325. The van der Waals surface area contributed by atoms with Gasteiger partial charge in [-0.05, 0) is 52.1 Å². The Kier molecular flexibility index (Phi) is 5.69. The minimum Gasteiger partial charge on any atom is -0.343 e. The second-order valence-electron chi connectivity index (χ2n) is 4.32. The maximum atomic E-state index is 11.8. The van der Waals surface area contributed by atoms with Crippen LogP contribution >= 0.6 is 0 Å². The van der Waals surface area contributed by atoms with E-state index >= 15 is 0 Å². The van der Waals surface area contributed by atoms with E-state index in [0.717, 1.165) is 44.9 Å². The van der Waals surface area contributed by atoms with Crippen LogP contribution in [0.2, 0.25) is 0 Å². The molecule has 0 saturated carbocycles. The van der Waals surface area contributed by atoms with E-state index in [1.54, 1.807) is 0 Å². The topological polar surface area (TPSA) is 32.3 Å². The van der Waals surface area contributed by atoms with Gasteiger partial charge in [-0.2, -0.15) is 0 Å². The molecule has 1 rings (SSSR count). The molecule has 3 nitrogen and oxygen atoms in total. The van der Waals surface area contributed by atoms with Crippen molar-refractivity contribution in [1.82, 2.24) is 10.2 Å². The van der Waals surface area contributed by atoms with Crippen LogP contribution in [-0.2, 0) is 4.79 Å². The van der Waals surface area contributed by atoms with Crippen LogP contribution in [0, 0.1) is 5.92 Å². The number of nitrogens with one attached hydrogen (secondary N) is 1. The molecule has 0 radical (unpaired) electrons. The monoisotopic (exact) mass is 212 g/mol. The van der Waals surface area contributed by atoms with Gasteiger partial charge in [0, 0.05) is 19.5 Å². The van der Waals surface area contributed by atoms with Crippen LogP contribution < -0.4 is 5.32 Å². The number of carbonyl (C=O) groups excluding carboxylic acids is 1. The molecule has 0 aromatic heterocycles. The fraction of sp³-hybridized carbons (Fsp3) is 0.917. The van der Waals surface area contributed by atoms with Crippen LogP contribution in [-0.4, -0.2) is 37.0 Å². The third kappa shape index (κ3) is 4.20. The van der Waals surface area contributed by atoms with Crippen LogP contribution in [0.3, 0.4) is 0 Å². The van der Waals surface area contributed by atoms with E-state index in [1.165, 1.54) is 12.8 Å². The SMILES string of the molecule is CCN(CC)C(=O)CCC1CCCNC1. The fourth-order valence-electron chi connectivity index (χ4n) is 2.23. The molecule has 1 saturated heterocycles. The fourth-order valence-corrected chi connectivity index (χ4v) is 2.23.